The van der Waals surface area contributed by atoms with Gasteiger partial charge in [0.15, 0.2) is 0 Å². The number of phenols is 1. The van der Waals surface area contributed by atoms with Crippen molar-refractivity contribution in [1.82, 2.24) is 24.0 Å². The zero-order valence-corrected chi connectivity index (χ0v) is 22.6. The van der Waals surface area contributed by atoms with Crippen LogP contribution in [0.3, 0.4) is 0 Å². The van der Waals surface area contributed by atoms with Gasteiger partial charge >= 0.3 is 0 Å². The number of aryl methyl sites for hydroxylation is 2. The Kier molecular flexibility index (Phi) is 7.21. The molecule has 0 amide bonds. The fourth-order valence-corrected chi connectivity index (χ4v) is 6.23. The van der Waals surface area contributed by atoms with E-state index in [1.54, 1.807) is 12.1 Å². The number of phenolic OH excluding ortho intramolecular Hbond substituents is 1. The first-order valence-corrected chi connectivity index (χ1v) is 14.2. The number of hydrogen-bond donors (Lipinski definition) is 1. The molecular formula is C31H36FN5O2. The molecule has 7 nitrogen and oxygen atoms in total. The molecule has 0 unspecified atom stereocenters. The average Bonchev–Trinajstić information content (AvgIpc) is 3.26. The van der Waals surface area contributed by atoms with Gasteiger partial charge in [-0.05, 0) is 87.9 Å². The van der Waals surface area contributed by atoms with Crippen LogP contribution in [0.1, 0.15) is 54.2 Å². The predicted molar refractivity (Wildman–Crippen MR) is 150 cm³/mol. The molecule has 0 saturated carbocycles. The molecule has 8 heteroatoms. The standard InChI is InChI=1S/C31H36FN5O2/c1-21-26(31(39)36-14-3-2-4-29(36)33-21)13-17-35-15-11-22(12-16-35)18-30-34-27-19-25(38)9-10-28(27)37(30)20-23-5-7-24(32)8-6-23/h5-10,19,22,38H,2-4,11-18,20H2,1H3. The summed E-state index contributed by atoms with van der Waals surface area (Å²) in [5.41, 5.74) is 4.71. The van der Waals surface area contributed by atoms with Crippen LogP contribution in [-0.2, 0) is 32.4 Å². The lowest BCUT2D eigenvalue weighted by Crippen LogP contribution is -2.38. The van der Waals surface area contributed by atoms with E-state index >= 15 is 0 Å². The Balaban J connectivity index is 1.11. The largest absolute Gasteiger partial charge is 0.508 e. The molecule has 4 aromatic rings. The number of nitrogens with zero attached hydrogens (tertiary/aromatic N) is 5. The maximum atomic E-state index is 13.5. The van der Waals surface area contributed by atoms with Crippen LogP contribution in [0.5, 0.6) is 5.75 Å². The van der Waals surface area contributed by atoms with Crippen LogP contribution in [0.4, 0.5) is 4.39 Å². The van der Waals surface area contributed by atoms with Crippen molar-refractivity contribution < 1.29 is 9.50 Å². The molecule has 1 N–H and O–H groups in total. The Labute approximate surface area is 227 Å². The van der Waals surface area contributed by atoms with Crippen LogP contribution in [0, 0.1) is 18.7 Å². The number of aromatic nitrogens is 4. The van der Waals surface area contributed by atoms with Gasteiger partial charge in [0.1, 0.15) is 23.2 Å². The van der Waals surface area contributed by atoms with Crippen LogP contribution >= 0.6 is 0 Å². The molecule has 2 aromatic heterocycles. The van der Waals surface area contributed by atoms with Crippen molar-refractivity contribution in [3.05, 3.63) is 87.1 Å². The minimum atomic E-state index is -0.241. The SMILES string of the molecule is Cc1nc2n(c(=O)c1CCN1CCC(Cc3nc4cc(O)ccc4n3Cc3ccc(F)cc3)CC1)CCCC2. The first-order valence-electron chi connectivity index (χ1n) is 14.2. The summed E-state index contributed by atoms with van der Waals surface area (Å²) >= 11 is 0. The first-order chi connectivity index (χ1) is 18.9. The van der Waals surface area contributed by atoms with E-state index in [4.69, 9.17) is 9.97 Å². The van der Waals surface area contributed by atoms with Crippen LogP contribution in [0.25, 0.3) is 11.0 Å². The number of rotatable bonds is 7. The highest BCUT2D eigenvalue weighted by Gasteiger charge is 2.24. The maximum Gasteiger partial charge on any atom is 0.256 e. The summed E-state index contributed by atoms with van der Waals surface area (Å²) in [6.07, 6.45) is 6.84. The first kappa shape index (κ1) is 25.7. The van der Waals surface area contributed by atoms with Gasteiger partial charge in [0.25, 0.3) is 5.56 Å². The summed E-state index contributed by atoms with van der Waals surface area (Å²) in [5.74, 6) is 2.43. The molecule has 4 heterocycles. The van der Waals surface area contributed by atoms with Crippen LogP contribution < -0.4 is 5.56 Å². The van der Waals surface area contributed by atoms with Crippen molar-refractivity contribution in [2.24, 2.45) is 5.92 Å². The topological polar surface area (TPSA) is 76.2 Å². The van der Waals surface area contributed by atoms with E-state index in [9.17, 15) is 14.3 Å². The normalized spacial score (nSPS) is 16.6. The molecule has 2 aromatic carbocycles. The average molecular weight is 530 g/mol. The van der Waals surface area contributed by atoms with E-state index in [1.165, 1.54) is 12.1 Å². The Morgan fingerprint density at radius 3 is 2.62 bits per heavy atom. The summed E-state index contributed by atoms with van der Waals surface area (Å²) in [4.78, 5) is 25.2. The number of benzene rings is 2. The Bertz CT molecular complexity index is 1530. The Hall–Kier alpha value is -3.52. The van der Waals surface area contributed by atoms with Gasteiger partial charge in [-0.2, -0.15) is 0 Å². The molecule has 0 bridgehead atoms. The monoisotopic (exact) mass is 529 g/mol. The van der Waals surface area contributed by atoms with E-state index in [1.807, 2.05) is 29.7 Å². The second-order valence-corrected chi connectivity index (χ2v) is 11.2. The maximum absolute atomic E-state index is 13.5. The molecule has 1 saturated heterocycles. The third kappa shape index (κ3) is 5.48. The lowest BCUT2D eigenvalue weighted by Gasteiger charge is -2.32. The Morgan fingerprint density at radius 1 is 1.03 bits per heavy atom. The van der Waals surface area contributed by atoms with E-state index in [0.717, 1.165) is 111 Å². The minimum Gasteiger partial charge on any atom is -0.508 e. The van der Waals surface area contributed by atoms with Gasteiger partial charge < -0.3 is 14.6 Å². The Morgan fingerprint density at radius 2 is 1.82 bits per heavy atom. The molecule has 2 aliphatic heterocycles. The molecule has 1 fully saturated rings. The van der Waals surface area contributed by atoms with Crippen molar-refractivity contribution in [2.45, 2.75) is 65.0 Å². The molecular weight excluding hydrogens is 493 g/mol. The summed E-state index contributed by atoms with van der Waals surface area (Å²) in [6.45, 7) is 6.28. The number of hydrogen-bond acceptors (Lipinski definition) is 5. The quantitative estimate of drug-likeness (QED) is 0.378. The third-order valence-corrected chi connectivity index (χ3v) is 8.50. The molecule has 0 atom stereocenters. The number of imidazole rings is 1. The summed E-state index contributed by atoms with van der Waals surface area (Å²) in [5, 5.41) is 10.0. The van der Waals surface area contributed by atoms with E-state index in [2.05, 4.69) is 9.47 Å². The molecule has 2 aliphatic rings. The van der Waals surface area contributed by atoms with E-state index < -0.39 is 0 Å². The van der Waals surface area contributed by atoms with Crippen molar-refractivity contribution in [3.63, 3.8) is 0 Å². The number of piperidine rings is 1. The summed E-state index contributed by atoms with van der Waals surface area (Å²) < 4.78 is 17.6. The van der Waals surface area contributed by atoms with E-state index in [0.29, 0.717) is 12.5 Å². The number of fused-ring (bicyclic) bond motifs is 2. The van der Waals surface area contributed by atoms with Crippen LogP contribution in [-0.4, -0.2) is 48.7 Å². The van der Waals surface area contributed by atoms with Crippen molar-refractivity contribution in [3.8, 4) is 5.75 Å². The summed E-state index contributed by atoms with van der Waals surface area (Å²) in [7, 11) is 0. The lowest BCUT2D eigenvalue weighted by molar-refractivity contribution is 0.184. The van der Waals surface area contributed by atoms with E-state index in [-0.39, 0.29) is 17.1 Å². The van der Waals surface area contributed by atoms with Crippen molar-refractivity contribution >= 4 is 11.0 Å². The fraction of sp³-hybridized carbons (Fsp3) is 0.452. The van der Waals surface area contributed by atoms with Gasteiger partial charge in [-0.15, -0.1) is 0 Å². The van der Waals surface area contributed by atoms with Gasteiger partial charge in [0, 0.05) is 49.8 Å². The zero-order chi connectivity index (χ0) is 26.9. The number of likely N-dealkylation sites (tertiary alicyclic amines) is 1. The molecule has 0 radical (unpaired) electrons. The zero-order valence-electron chi connectivity index (χ0n) is 22.6. The van der Waals surface area contributed by atoms with Crippen molar-refractivity contribution in [2.75, 3.05) is 19.6 Å². The highest BCUT2D eigenvalue weighted by atomic mass is 19.1. The molecule has 204 valence electrons. The van der Waals surface area contributed by atoms with Gasteiger partial charge in [-0.3, -0.25) is 9.36 Å². The predicted octanol–water partition coefficient (Wildman–Crippen LogP) is 4.63. The van der Waals surface area contributed by atoms with Gasteiger partial charge in [-0.1, -0.05) is 12.1 Å². The van der Waals surface area contributed by atoms with Crippen LogP contribution in [0.2, 0.25) is 0 Å². The smallest absolute Gasteiger partial charge is 0.256 e. The molecule has 0 spiro atoms. The summed E-state index contributed by atoms with van der Waals surface area (Å²) in [6, 6.07) is 11.9. The highest BCUT2D eigenvalue weighted by molar-refractivity contribution is 5.77. The molecule has 39 heavy (non-hydrogen) atoms. The minimum absolute atomic E-state index is 0.165. The van der Waals surface area contributed by atoms with Crippen LogP contribution in [0.15, 0.2) is 47.3 Å². The third-order valence-electron chi connectivity index (χ3n) is 8.50. The molecule has 6 rings (SSSR count). The fourth-order valence-electron chi connectivity index (χ4n) is 6.23. The van der Waals surface area contributed by atoms with Crippen molar-refractivity contribution in [1.29, 1.82) is 0 Å². The second kappa shape index (κ2) is 10.9. The van der Waals surface area contributed by atoms with Gasteiger partial charge in [0.2, 0.25) is 0 Å². The number of halogens is 1. The van der Waals surface area contributed by atoms with Gasteiger partial charge in [0.05, 0.1) is 11.0 Å². The van der Waals surface area contributed by atoms with Gasteiger partial charge in [-0.25, -0.2) is 14.4 Å². The number of aromatic hydroxyl groups is 1. The molecule has 0 aliphatic carbocycles. The second-order valence-electron chi connectivity index (χ2n) is 11.2. The highest BCUT2D eigenvalue weighted by Crippen LogP contribution is 2.27. The lowest BCUT2D eigenvalue weighted by atomic mass is 9.93.